The van der Waals surface area contributed by atoms with Gasteiger partial charge in [0.1, 0.15) is 12.2 Å². The number of hydrogen-bond acceptors (Lipinski definition) is 7. The Hall–Kier alpha value is -3.32. The normalized spacial score (nSPS) is 32.1. The first-order chi connectivity index (χ1) is 18.6. The fourth-order valence-electron chi connectivity index (χ4n) is 6.52. The molecule has 2 fully saturated rings. The van der Waals surface area contributed by atoms with Crippen LogP contribution in [0.15, 0.2) is 71.8 Å². The van der Waals surface area contributed by atoms with Gasteiger partial charge in [-0.25, -0.2) is 9.59 Å². The highest BCUT2D eigenvalue weighted by Gasteiger charge is 2.59. The Morgan fingerprint density at radius 3 is 2.21 bits per heavy atom. The molecule has 3 heterocycles. The Bertz CT molecular complexity index is 1290. The van der Waals surface area contributed by atoms with Gasteiger partial charge in [-0.2, -0.15) is 0 Å². The molecule has 5 rings (SSSR count). The third-order valence-corrected chi connectivity index (χ3v) is 8.85. The van der Waals surface area contributed by atoms with Gasteiger partial charge in [-0.15, -0.1) is 0 Å². The van der Waals surface area contributed by atoms with Gasteiger partial charge in [0.2, 0.25) is 0 Å². The molecule has 1 saturated heterocycles. The molecule has 0 spiro atoms. The van der Waals surface area contributed by atoms with Crippen molar-refractivity contribution in [2.75, 3.05) is 0 Å². The molecule has 1 aliphatic heterocycles. The van der Waals surface area contributed by atoms with E-state index in [4.69, 9.17) is 14.2 Å². The van der Waals surface area contributed by atoms with E-state index in [2.05, 4.69) is 50.7 Å². The summed E-state index contributed by atoms with van der Waals surface area (Å²) in [6.07, 6.45) is 11.5. The largest absolute Gasteiger partial charge is 0.458 e. The van der Waals surface area contributed by atoms with Crippen LogP contribution in [0, 0.1) is 11.3 Å². The number of epoxide rings is 1. The second-order valence-electron chi connectivity index (χ2n) is 11.9. The first-order valence-corrected chi connectivity index (χ1v) is 13.8. The van der Waals surface area contributed by atoms with Crippen molar-refractivity contribution >= 4 is 11.9 Å². The summed E-state index contributed by atoms with van der Waals surface area (Å²) in [5, 5.41) is 0. The minimum atomic E-state index is -0.505. The van der Waals surface area contributed by atoms with Crippen LogP contribution in [-0.4, -0.2) is 45.8 Å². The van der Waals surface area contributed by atoms with Crippen LogP contribution in [0.5, 0.6) is 0 Å². The highest BCUT2D eigenvalue weighted by Crippen LogP contribution is 2.57. The molecule has 0 radical (unpaired) electrons. The van der Waals surface area contributed by atoms with Gasteiger partial charge >= 0.3 is 11.9 Å². The van der Waals surface area contributed by atoms with Crippen LogP contribution in [0.4, 0.5) is 0 Å². The zero-order valence-electron chi connectivity index (χ0n) is 23.5. The Kier molecular flexibility index (Phi) is 7.47. The van der Waals surface area contributed by atoms with E-state index in [1.807, 2.05) is 0 Å². The van der Waals surface area contributed by atoms with Crippen molar-refractivity contribution in [3.63, 3.8) is 0 Å². The fraction of sp³-hybridized carbons (Fsp3) is 0.500. The SMILES string of the molecule is CC1=C[C@H](OC(=O)c2cccnc2)[C@@]2(C)CCC(=C(C)C)[C@@H]2[C@H](OC(=O)c2cccnc2)C[C@]2(C)O[C@@H]2CC1. The maximum Gasteiger partial charge on any atom is 0.340 e. The number of aromatic nitrogens is 2. The fourth-order valence-corrected chi connectivity index (χ4v) is 6.52. The summed E-state index contributed by atoms with van der Waals surface area (Å²) < 4.78 is 18.9. The zero-order chi connectivity index (χ0) is 27.8. The van der Waals surface area contributed by atoms with Crippen molar-refractivity contribution in [3.05, 3.63) is 83.0 Å². The lowest BCUT2D eigenvalue weighted by Gasteiger charge is -2.42. The van der Waals surface area contributed by atoms with Gasteiger partial charge in [0.25, 0.3) is 0 Å². The molecule has 39 heavy (non-hydrogen) atoms. The van der Waals surface area contributed by atoms with E-state index < -0.39 is 29.6 Å². The first kappa shape index (κ1) is 27.3. The number of hydrogen-bond donors (Lipinski definition) is 0. The van der Waals surface area contributed by atoms with Crippen LogP contribution in [0.3, 0.4) is 0 Å². The van der Waals surface area contributed by atoms with Crippen LogP contribution in [0.25, 0.3) is 0 Å². The number of allylic oxidation sites excluding steroid dienone is 2. The van der Waals surface area contributed by atoms with Crippen molar-refractivity contribution in [3.8, 4) is 0 Å². The minimum Gasteiger partial charge on any atom is -0.458 e. The monoisotopic (exact) mass is 530 g/mol. The summed E-state index contributed by atoms with van der Waals surface area (Å²) >= 11 is 0. The summed E-state index contributed by atoms with van der Waals surface area (Å²) in [5.41, 5.74) is 3.58. The van der Waals surface area contributed by atoms with Crippen LogP contribution in [0.1, 0.15) is 87.4 Å². The number of pyridine rings is 2. The number of esters is 2. The predicted molar refractivity (Wildman–Crippen MR) is 147 cm³/mol. The summed E-state index contributed by atoms with van der Waals surface area (Å²) in [7, 11) is 0. The highest BCUT2D eigenvalue weighted by molar-refractivity contribution is 5.89. The topological polar surface area (TPSA) is 90.9 Å². The van der Waals surface area contributed by atoms with Gasteiger partial charge in [-0.05, 0) is 83.7 Å². The third kappa shape index (κ3) is 5.55. The molecule has 0 bridgehead atoms. The summed E-state index contributed by atoms with van der Waals surface area (Å²) in [6.45, 7) is 10.6. The number of nitrogens with zero attached hydrogens (tertiary/aromatic N) is 2. The predicted octanol–water partition coefficient (Wildman–Crippen LogP) is 6.27. The van der Waals surface area contributed by atoms with E-state index in [0.717, 1.165) is 31.3 Å². The molecule has 2 aromatic rings. The molecule has 0 amide bonds. The van der Waals surface area contributed by atoms with Gasteiger partial charge in [0, 0.05) is 42.5 Å². The van der Waals surface area contributed by atoms with Crippen LogP contribution < -0.4 is 0 Å². The lowest BCUT2D eigenvalue weighted by atomic mass is 9.69. The van der Waals surface area contributed by atoms with Crippen LogP contribution in [-0.2, 0) is 14.2 Å². The van der Waals surface area contributed by atoms with E-state index in [1.165, 1.54) is 23.5 Å². The maximum atomic E-state index is 13.4. The van der Waals surface area contributed by atoms with Gasteiger partial charge in [-0.1, -0.05) is 23.6 Å². The molecule has 2 aliphatic carbocycles. The van der Waals surface area contributed by atoms with Crippen molar-refractivity contribution < 1.29 is 23.8 Å². The lowest BCUT2D eigenvalue weighted by molar-refractivity contribution is -0.0473. The molecule has 2 aromatic heterocycles. The van der Waals surface area contributed by atoms with Crippen molar-refractivity contribution in [1.82, 2.24) is 9.97 Å². The number of ether oxygens (including phenoxy) is 3. The van der Waals surface area contributed by atoms with Crippen molar-refractivity contribution in [1.29, 1.82) is 0 Å². The van der Waals surface area contributed by atoms with Gasteiger partial charge in [0.15, 0.2) is 0 Å². The second-order valence-corrected chi connectivity index (χ2v) is 11.9. The van der Waals surface area contributed by atoms with E-state index in [0.29, 0.717) is 17.5 Å². The third-order valence-electron chi connectivity index (χ3n) is 8.85. The average Bonchev–Trinajstić information content (AvgIpc) is 3.42. The number of carbonyl (C=O) groups excluding carboxylic acids is 2. The molecule has 1 saturated carbocycles. The van der Waals surface area contributed by atoms with E-state index in [9.17, 15) is 9.59 Å². The van der Waals surface area contributed by atoms with Crippen LogP contribution in [0.2, 0.25) is 0 Å². The minimum absolute atomic E-state index is 0.0951. The Morgan fingerprint density at radius 2 is 1.62 bits per heavy atom. The molecular weight excluding hydrogens is 492 g/mol. The molecule has 0 unspecified atom stereocenters. The Labute approximate surface area is 230 Å². The van der Waals surface area contributed by atoms with Gasteiger partial charge in [0.05, 0.1) is 22.8 Å². The van der Waals surface area contributed by atoms with E-state index >= 15 is 0 Å². The Morgan fingerprint density at radius 1 is 0.974 bits per heavy atom. The summed E-state index contributed by atoms with van der Waals surface area (Å²) in [6, 6.07) is 6.91. The number of carbonyl (C=O) groups is 2. The molecule has 0 N–H and O–H groups in total. The molecule has 7 heteroatoms. The molecule has 7 nitrogen and oxygen atoms in total. The Balaban J connectivity index is 1.58. The number of fused-ring (bicyclic) bond motifs is 2. The maximum absolute atomic E-state index is 13.4. The molecular formula is C32H38N2O5. The van der Waals surface area contributed by atoms with Crippen LogP contribution >= 0.6 is 0 Å². The number of rotatable bonds is 4. The summed E-state index contributed by atoms with van der Waals surface area (Å²) in [5.74, 6) is -0.958. The molecule has 3 aliphatic rings. The van der Waals surface area contributed by atoms with Gasteiger partial charge in [-0.3, -0.25) is 9.97 Å². The van der Waals surface area contributed by atoms with E-state index in [1.54, 1.807) is 36.7 Å². The smallest absolute Gasteiger partial charge is 0.340 e. The van der Waals surface area contributed by atoms with Crippen molar-refractivity contribution in [2.24, 2.45) is 11.3 Å². The second kappa shape index (κ2) is 10.7. The quantitative estimate of drug-likeness (QED) is 0.261. The average molecular weight is 531 g/mol. The molecule has 206 valence electrons. The van der Waals surface area contributed by atoms with Gasteiger partial charge < -0.3 is 14.2 Å². The lowest BCUT2D eigenvalue weighted by Crippen LogP contribution is -2.46. The standard InChI is InChI=1S/C32H38N2O5/c1-20(2)24-12-13-31(4)27(38-30(36)23-9-7-15-34-19-23)16-21(3)10-11-26-32(5,39-26)17-25(28(24)31)37-29(35)22-8-6-14-33-18-22/h6-9,14-16,18-19,25-28H,10-13,17H2,1-5H3/t25-,26-,27+,28-,31-,32+/m1/s1. The molecule has 0 aromatic carbocycles. The summed E-state index contributed by atoms with van der Waals surface area (Å²) in [4.78, 5) is 34.9. The zero-order valence-corrected chi connectivity index (χ0v) is 23.5. The van der Waals surface area contributed by atoms with E-state index in [-0.39, 0.29) is 17.6 Å². The first-order valence-electron chi connectivity index (χ1n) is 13.8. The highest BCUT2D eigenvalue weighted by atomic mass is 16.6. The molecule has 6 atom stereocenters. The van der Waals surface area contributed by atoms with Crippen molar-refractivity contribution in [2.45, 2.75) is 90.6 Å².